The summed E-state index contributed by atoms with van der Waals surface area (Å²) in [6.45, 7) is 10.1. The SMILES string of the molecule is CCOC(C)=O.Cn1c2c(c(=O)n1Cc1cn[nH]c1C(F)(F)F)[C@H]1CC[C@]2(C)C1(C)C. The molecule has 7 nitrogen and oxygen atoms in total. The van der Waals surface area contributed by atoms with Gasteiger partial charge in [-0.05, 0) is 31.1 Å². The second-order valence-electron chi connectivity index (χ2n) is 8.99. The lowest BCUT2D eigenvalue weighted by Crippen LogP contribution is -2.35. The molecular formula is C21H29F3N4O3. The van der Waals surface area contributed by atoms with Gasteiger partial charge < -0.3 is 4.74 Å². The Morgan fingerprint density at radius 2 is 2.00 bits per heavy atom. The van der Waals surface area contributed by atoms with Crippen LogP contribution in [0.3, 0.4) is 0 Å². The van der Waals surface area contributed by atoms with Crippen LogP contribution in [0.25, 0.3) is 0 Å². The van der Waals surface area contributed by atoms with E-state index in [4.69, 9.17) is 0 Å². The molecule has 2 aromatic rings. The van der Waals surface area contributed by atoms with Gasteiger partial charge in [-0.3, -0.25) is 19.4 Å². The zero-order chi connectivity index (χ0) is 23.4. The van der Waals surface area contributed by atoms with Crippen molar-refractivity contribution in [1.82, 2.24) is 19.6 Å². The van der Waals surface area contributed by atoms with Gasteiger partial charge in [-0.2, -0.15) is 18.3 Å². The third-order valence-electron chi connectivity index (χ3n) is 7.17. The number of halogens is 3. The first kappa shape index (κ1) is 23.1. The van der Waals surface area contributed by atoms with Gasteiger partial charge in [0.25, 0.3) is 5.56 Å². The summed E-state index contributed by atoms with van der Waals surface area (Å²) in [5.41, 5.74) is 0.541. The smallest absolute Gasteiger partial charge is 0.433 e. The molecule has 31 heavy (non-hydrogen) atoms. The van der Waals surface area contributed by atoms with Crippen molar-refractivity contribution in [1.29, 1.82) is 0 Å². The summed E-state index contributed by atoms with van der Waals surface area (Å²) in [4.78, 5) is 22.8. The molecule has 10 heteroatoms. The maximum Gasteiger partial charge on any atom is 0.433 e. The van der Waals surface area contributed by atoms with Gasteiger partial charge in [0.1, 0.15) is 5.69 Å². The Morgan fingerprint density at radius 3 is 2.48 bits per heavy atom. The number of aromatic nitrogens is 4. The van der Waals surface area contributed by atoms with Crippen LogP contribution in [0.4, 0.5) is 13.2 Å². The van der Waals surface area contributed by atoms with Crippen LogP contribution >= 0.6 is 0 Å². The summed E-state index contributed by atoms with van der Waals surface area (Å²) in [5.74, 6) is -0.0450. The van der Waals surface area contributed by atoms with Crippen molar-refractivity contribution in [3.63, 3.8) is 0 Å². The predicted octanol–water partition coefficient (Wildman–Crippen LogP) is 3.72. The summed E-state index contributed by atoms with van der Waals surface area (Å²) in [6, 6.07) is 0. The van der Waals surface area contributed by atoms with Crippen molar-refractivity contribution in [2.24, 2.45) is 12.5 Å². The lowest BCUT2D eigenvalue weighted by molar-refractivity contribution is -0.142. The maximum absolute atomic E-state index is 13.1. The van der Waals surface area contributed by atoms with E-state index in [9.17, 15) is 22.8 Å². The Morgan fingerprint density at radius 1 is 1.35 bits per heavy atom. The summed E-state index contributed by atoms with van der Waals surface area (Å²) in [5, 5.41) is 5.52. The first-order valence-corrected chi connectivity index (χ1v) is 10.3. The van der Waals surface area contributed by atoms with Crippen molar-refractivity contribution < 1.29 is 22.7 Å². The minimum Gasteiger partial charge on any atom is -0.466 e. The highest BCUT2D eigenvalue weighted by atomic mass is 19.4. The lowest BCUT2D eigenvalue weighted by Gasteiger charge is -2.36. The van der Waals surface area contributed by atoms with Crippen LogP contribution < -0.4 is 5.56 Å². The number of carbonyl (C=O) groups is 1. The van der Waals surface area contributed by atoms with Crippen LogP contribution in [-0.4, -0.2) is 32.1 Å². The van der Waals surface area contributed by atoms with Crippen LogP contribution in [0.1, 0.15) is 75.9 Å². The molecule has 0 amide bonds. The minimum absolute atomic E-state index is 0.0134. The molecule has 0 saturated heterocycles. The zero-order valence-electron chi connectivity index (χ0n) is 18.7. The first-order valence-electron chi connectivity index (χ1n) is 10.3. The summed E-state index contributed by atoms with van der Waals surface area (Å²) < 4.78 is 46.8. The average molecular weight is 442 g/mol. The van der Waals surface area contributed by atoms with E-state index in [-0.39, 0.29) is 40.4 Å². The molecule has 1 N–H and O–H groups in total. The molecule has 172 valence electrons. The number of aromatic amines is 1. The molecule has 0 spiro atoms. The Hall–Kier alpha value is -2.52. The Balaban J connectivity index is 0.000000401. The maximum atomic E-state index is 13.1. The van der Waals surface area contributed by atoms with E-state index < -0.39 is 11.9 Å². The summed E-state index contributed by atoms with van der Waals surface area (Å²) in [6.07, 6.45) is -1.42. The fraction of sp³-hybridized carbons (Fsp3) is 0.667. The fourth-order valence-corrected chi connectivity index (χ4v) is 5.29. The van der Waals surface area contributed by atoms with E-state index in [0.29, 0.717) is 6.61 Å². The molecule has 0 unspecified atom stereocenters. The van der Waals surface area contributed by atoms with Gasteiger partial charge in [-0.25, -0.2) is 4.68 Å². The van der Waals surface area contributed by atoms with Crippen molar-refractivity contribution >= 4 is 5.97 Å². The van der Waals surface area contributed by atoms with Gasteiger partial charge in [0.15, 0.2) is 0 Å². The summed E-state index contributed by atoms with van der Waals surface area (Å²) in [7, 11) is 1.77. The van der Waals surface area contributed by atoms with Gasteiger partial charge >= 0.3 is 12.1 Å². The molecule has 0 aromatic carbocycles. The van der Waals surface area contributed by atoms with Gasteiger partial charge in [-0.15, -0.1) is 0 Å². The van der Waals surface area contributed by atoms with Crippen LogP contribution in [0.5, 0.6) is 0 Å². The van der Waals surface area contributed by atoms with Crippen LogP contribution in [-0.2, 0) is 34.7 Å². The number of fused-ring (bicyclic) bond motifs is 5. The molecule has 2 bridgehead atoms. The first-order chi connectivity index (χ1) is 14.3. The number of H-pyrrole nitrogens is 1. The quantitative estimate of drug-likeness (QED) is 0.735. The van der Waals surface area contributed by atoms with Gasteiger partial charge in [0.05, 0.1) is 25.0 Å². The predicted molar refractivity (Wildman–Crippen MR) is 108 cm³/mol. The third kappa shape index (κ3) is 3.49. The van der Waals surface area contributed by atoms with Gasteiger partial charge in [-0.1, -0.05) is 20.8 Å². The molecule has 2 aliphatic rings. The van der Waals surface area contributed by atoms with E-state index in [1.54, 1.807) is 18.7 Å². The van der Waals surface area contributed by atoms with Gasteiger partial charge in [0, 0.05) is 30.5 Å². The Bertz CT molecular complexity index is 1050. The number of ether oxygens (including phenoxy) is 1. The largest absolute Gasteiger partial charge is 0.466 e. The van der Waals surface area contributed by atoms with E-state index in [1.165, 1.54) is 11.6 Å². The number of nitrogens with zero attached hydrogens (tertiary/aromatic N) is 3. The average Bonchev–Trinajstić information content (AvgIpc) is 3.31. The van der Waals surface area contributed by atoms with Crippen molar-refractivity contribution in [2.45, 2.75) is 71.5 Å². The number of esters is 1. The van der Waals surface area contributed by atoms with E-state index in [2.05, 4.69) is 30.6 Å². The van der Waals surface area contributed by atoms with Gasteiger partial charge in [0.2, 0.25) is 0 Å². The molecule has 2 aromatic heterocycles. The Labute approximate surface area is 178 Å². The molecule has 2 heterocycles. The standard InChI is InChI=1S/C17H21F3N4O.C4H8O2/c1-15(2)10-5-6-16(15,3)13-11(10)14(25)24(23(13)4)8-9-7-21-22-12(9)17(18,19)20;1-3-6-4(2)5/h7,10H,5-6,8H2,1-4H3,(H,21,22);3H2,1-2H3/t10-,16+;/m1./s1. The number of hydrogen-bond donors (Lipinski definition) is 1. The van der Waals surface area contributed by atoms with Crippen molar-refractivity contribution in [2.75, 3.05) is 6.61 Å². The molecule has 1 fully saturated rings. The number of alkyl halides is 3. The van der Waals surface area contributed by atoms with Crippen LogP contribution in [0.2, 0.25) is 0 Å². The molecule has 0 aliphatic heterocycles. The molecule has 2 atom stereocenters. The molecule has 2 aliphatic carbocycles. The van der Waals surface area contributed by atoms with E-state index in [1.807, 2.05) is 5.10 Å². The van der Waals surface area contributed by atoms with E-state index >= 15 is 0 Å². The summed E-state index contributed by atoms with van der Waals surface area (Å²) >= 11 is 0. The highest BCUT2D eigenvalue weighted by Crippen LogP contribution is 2.66. The zero-order valence-corrected chi connectivity index (χ0v) is 18.7. The third-order valence-corrected chi connectivity index (χ3v) is 7.17. The molecular weight excluding hydrogens is 413 g/mol. The second kappa shape index (κ2) is 7.56. The number of carbonyl (C=O) groups excluding carboxylic acids is 1. The van der Waals surface area contributed by atoms with E-state index in [0.717, 1.165) is 30.3 Å². The van der Waals surface area contributed by atoms with Crippen molar-refractivity contribution in [3.8, 4) is 0 Å². The molecule has 0 radical (unpaired) electrons. The number of hydrogen-bond acceptors (Lipinski definition) is 4. The lowest BCUT2D eigenvalue weighted by atomic mass is 9.70. The second-order valence-corrected chi connectivity index (χ2v) is 8.99. The minimum atomic E-state index is -4.52. The topological polar surface area (TPSA) is 81.9 Å². The van der Waals surface area contributed by atoms with Crippen LogP contribution in [0, 0.1) is 5.41 Å². The number of rotatable bonds is 3. The fourth-order valence-electron chi connectivity index (χ4n) is 5.29. The monoisotopic (exact) mass is 442 g/mol. The highest BCUT2D eigenvalue weighted by Gasteiger charge is 2.62. The normalized spacial score (nSPS) is 23.3. The highest BCUT2D eigenvalue weighted by molar-refractivity contribution is 5.65. The van der Waals surface area contributed by atoms with Crippen LogP contribution in [0.15, 0.2) is 11.0 Å². The Kier molecular flexibility index (Phi) is 5.65. The molecule has 4 rings (SSSR count). The molecule has 1 saturated carbocycles. The van der Waals surface area contributed by atoms with Crippen molar-refractivity contribution in [3.05, 3.63) is 39.1 Å². The number of nitrogens with one attached hydrogen (secondary N) is 1.